The molecule has 0 unspecified atom stereocenters. The predicted octanol–water partition coefficient (Wildman–Crippen LogP) is 6.27. The summed E-state index contributed by atoms with van der Waals surface area (Å²) in [6, 6.07) is 12.2. The Hall–Kier alpha value is -2.53. The number of hydrogen-bond donors (Lipinski definition) is 0. The number of sulfonamides is 1. The Bertz CT molecular complexity index is 1310. The topological polar surface area (TPSA) is 83.1 Å². The number of unbranched alkanes of at least 4 members (excludes halogenated alkanes) is 2. The zero-order valence-corrected chi connectivity index (χ0v) is 26.2. The number of carbonyl (C=O) groups is 1. The molecule has 0 N–H and O–H groups in total. The molecule has 0 aliphatic heterocycles. The van der Waals surface area contributed by atoms with E-state index in [9.17, 15) is 13.2 Å². The van der Waals surface area contributed by atoms with Crippen LogP contribution in [-0.4, -0.2) is 74.4 Å². The minimum atomic E-state index is -3.64. The van der Waals surface area contributed by atoms with Crippen LogP contribution in [0.25, 0.3) is 10.2 Å². The van der Waals surface area contributed by atoms with Crippen LogP contribution in [0.5, 0.6) is 5.75 Å². The number of anilines is 1. The van der Waals surface area contributed by atoms with Crippen LogP contribution in [0.4, 0.5) is 5.13 Å². The summed E-state index contributed by atoms with van der Waals surface area (Å²) in [6.07, 6.45) is 3.47. The van der Waals surface area contributed by atoms with E-state index >= 15 is 0 Å². The third-order valence-electron chi connectivity index (χ3n) is 6.94. The van der Waals surface area contributed by atoms with Crippen molar-refractivity contribution in [2.24, 2.45) is 0 Å². The molecule has 220 valence electrons. The Balaban J connectivity index is 1.93. The number of amides is 1. The van der Waals surface area contributed by atoms with E-state index in [2.05, 4.69) is 32.6 Å². The standard InChI is InChI=1S/C30H44N4O4S2/c1-6-11-20-33(21-12-7-2)40(36,37)25-18-16-24(17-19-25)29(35)34(23-22-32(8-3)9-4)30-31-28-26(38-10-5)14-13-15-27(28)39-30/h13-19H,6-12,20-23H2,1-5H3. The fraction of sp³-hybridized carbons (Fsp3) is 0.533. The highest BCUT2D eigenvalue weighted by Gasteiger charge is 2.26. The number of hydrogen-bond acceptors (Lipinski definition) is 7. The monoisotopic (exact) mass is 588 g/mol. The van der Waals surface area contributed by atoms with Crippen molar-refractivity contribution in [3.8, 4) is 5.75 Å². The van der Waals surface area contributed by atoms with Gasteiger partial charge in [-0.2, -0.15) is 4.31 Å². The van der Waals surface area contributed by atoms with Gasteiger partial charge in [0.05, 0.1) is 16.2 Å². The van der Waals surface area contributed by atoms with Crippen molar-refractivity contribution in [2.75, 3.05) is 50.8 Å². The lowest BCUT2D eigenvalue weighted by Crippen LogP contribution is -2.39. The minimum Gasteiger partial charge on any atom is -0.492 e. The highest BCUT2D eigenvalue weighted by atomic mass is 32.2. The third-order valence-corrected chi connectivity index (χ3v) is 9.90. The number of carbonyl (C=O) groups excluding carboxylic acids is 1. The van der Waals surface area contributed by atoms with Crippen molar-refractivity contribution >= 4 is 42.6 Å². The van der Waals surface area contributed by atoms with Gasteiger partial charge in [0.2, 0.25) is 10.0 Å². The van der Waals surface area contributed by atoms with Gasteiger partial charge in [-0.3, -0.25) is 9.69 Å². The second-order valence-electron chi connectivity index (χ2n) is 9.65. The molecule has 0 aliphatic rings. The predicted molar refractivity (Wildman–Crippen MR) is 165 cm³/mol. The maximum atomic E-state index is 13.9. The normalized spacial score (nSPS) is 12.0. The molecule has 0 aliphatic carbocycles. The first kappa shape index (κ1) is 32.0. The Kier molecular flexibility index (Phi) is 12.4. The van der Waals surface area contributed by atoms with Crippen molar-refractivity contribution in [3.05, 3.63) is 48.0 Å². The molecular formula is C30H44N4O4S2. The first-order valence-corrected chi connectivity index (χ1v) is 16.7. The quantitative estimate of drug-likeness (QED) is 0.185. The maximum Gasteiger partial charge on any atom is 0.260 e. The number of thiazole rings is 1. The summed E-state index contributed by atoms with van der Waals surface area (Å²) in [5, 5.41) is 0.598. The Morgan fingerprint density at radius 2 is 1.52 bits per heavy atom. The SMILES string of the molecule is CCCCN(CCCC)S(=O)(=O)c1ccc(C(=O)N(CCN(CC)CC)c2nc3c(OCC)cccc3s2)cc1. The molecule has 0 bridgehead atoms. The van der Waals surface area contributed by atoms with Gasteiger partial charge in [-0.15, -0.1) is 0 Å². The molecule has 0 fully saturated rings. The lowest BCUT2D eigenvalue weighted by atomic mass is 10.2. The molecule has 1 amide bonds. The smallest absolute Gasteiger partial charge is 0.260 e. The molecule has 40 heavy (non-hydrogen) atoms. The van der Waals surface area contributed by atoms with E-state index in [-0.39, 0.29) is 10.8 Å². The fourth-order valence-electron chi connectivity index (χ4n) is 4.46. The summed E-state index contributed by atoms with van der Waals surface area (Å²) >= 11 is 1.45. The van der Waals surface area contributed by atoms with Crippen LogP contribution < -0.4 is 9.64 Å². The van der Waals surface area contributed by atoms with E-state index in [1.54, 1.807) is 33.5 Å². The molecule has 3 rings (SSSR count). The van der Waals surface area contributed by atoms with E-state index in [0.29, 0.717) is 49.2 Å². The first-order valence-electron chi connectivity index (χ1n) is 14.5. The average Bonchev–Trinajstić information content (AvgIpc) is 3.40. The zero-order chi connectivity index (χ0) is 29.1. The number of fused-ring (bicyclic) bond motifs is 1. The van der Waals surface area contributed by atoms with Crippen molar-refractivity contribution < 1.29 is 17.9 Å². The van der Waals surface area contributed by atoms with Gasteiger partial charge in [0, 0.05) is 31.7 Å². The van der Waals surface area contributed by atoms with Crippen molar-refractivity contribution in [1.29, 1.82) is 0 Å². The van der Waals surface area contributed by atoms with Gasteiger partial charge in [0.25, 0.3) is 5.91 Å². The van der Waals surface area contributed by atoms with Crippen LogP contribution in [0.1, 0.15) is 70.7 Å². The van der Waals surface area contributed by atoms with Crippen LogP contribution in [0.15, 0.2) is 47.4 Å². The highest BCUT2D eigenvalue weighted by molar-refractivity contribution is 7.89. The van der Waals surface area contributed by atoms with Gasteiger partial charge in [0.1, 0.15) is 11.3 Å². The maximum absolute atomic E-state index is 13.9. The molecular weight excluding hydrogens is 544 g/mol. The largest absolute Gasteiger partial charge is 0.492 e. The van der Waals surface area contributed by atoms with E-state index in [1.807, 2.05) is 25.1 Å². The Labute approximate surface area is 244 Å². The number of likely N-dealkylation sites (N-methyl/N-ethyl adjacent to an activating group) is 1. The van der Waals surface area contributed by atoms with Crippen LogP contribution in [0, 0.1) is 0 Å². The van der Waals surface area contributed by atoms with Gasteiger partial charge in [-0.25, -0.2) is 13.4 Å². The Morgan fingerprint density at radius 1 is 0.875 bits per heavy atom. The Morgan fingerprint density at radius 3 is 2.10 bits per heavy atom. The molecule has 0 saturated carbocycles. The molecule has 0 radical (unpaired) electrons. The van der Waals surface area contributed by atoms with E-state index in [1.165, 1.54) is 11.3 Å². The summed E-state index contributed by atoms with van der Waals surface area (Å²) in [7, 11) is -3.64. The van der Waals surface area contributed by atoms with Gasteiger partial charge in [-0.05, 0) is 69.3 Å². The van der Waals surface area contributed by atoms with E-state index < -0.39 is 10.0 Å². The molecule has 8 nitrogen and oxygen atoms in total. The minimum absolute atomic E-state index is 0.207. The van der Waals surface area contributed by atoms with Crippen molar-refractivity contribution in [1.82, 2.24) is 14.2 Å². The first-order chi connectivity index (χ1) is 19.3. The van der Waals surface area contributed by atoms with Crippen LogP contribution in [-0.2, 0) is 10.0 Å². The number of aromatic nitrogens is 1. The summed E-state index contributed by atoms with van der Waals surface area (Å²) in [5.41, 5.74) is 1.17. The van der Waals surface area contributed by atoms with E-state index in [4.69, 9.17) is 9.72 Å². The summed E-state index contributed by atoms with van der Waals surface area (Å²) in [5.74, 6) is 0.492. The summed E-state index contributed by atoms with van der Waals surface area (Å²) in [6.45, 7) is 14.7. The molecule has 1 heterocycles. The fourth-order valence-corrected chi connectivity index (χ4v) is 6.98. The van der Waals surface area contributed by atoms with Gasteiger partial charge in [-0.1, -0.05) is 57.9 Å². The number of rotatable bonds is 17. The van der Waals surface area contributed by atoms with Gasteiger partial charge >= 0.3 is 0 Å². The van der Waals surface area contributed by atoms with Crippen LogP contribution in [0.3, 0.4) is 0 Å². The number of para-hydroxylation sites is 1. The number of ether oxygens (including phenoxy) is 1. The number of benzene rings is 2. The second-order valence-corrected chi connectivity index (χ2v) is 12.6. The molecule has 0 saturated heterocycles. The highest BCUT2D eigenvalue weighted by Crippen LogP contribution is 2.35. The lowest BCUT2D eigenvalue weighted by molar-refractivity contribution is 0.0983. The molecule has 0 atom stereocenters. The number of nitrogens with zero attached hydrogens (tertiary/aromatic N) is 4. The van der Waals surface area contributed by atoms with Crippen LogP contribution in [0.2, 0.25) is 0 Å². The third kappa shape index (κ3) is 7.81. The van der Waals surface area contributed by atoms with Crippen molar-refractivity contribution in [2.45, 2.75) is 65.2 Å². The lowest BCUT2D eigenvalue weighted by Gasteiger charge is -2.25. The molecule has 0 spiro atoms. The van der Waals surface area contributed by atoms with Crippen molar-refractivity contribution in [3.63, 3.8) is 0 Å². The van der Waals surface area contributed by atoms with Crippen LogP contribution >= 0.6 is 11.3 Å². The summed E-state index contributed by atoms with van der Waals surface area (Å²) in [4.78, 5) is 22.9. The average molecular weight is 589 g/mol. The zero-order valence-electron chi connectivity index (χ0n) is 24.6. The molecule has 3 aromatic rings. The summed E-state index contributed by atoms with van der Waals surface area (Å²) < 4.78 is 35.1. The second kappa shape index (κ2) is 15.5. The molecule has 1 aromatic heterocycles. The van der Waals surface area contributed by atoms with E-state index in [0.717, 1.165) is 49.0 Å². The molecule has 2 aromatic carbocycles. The molecule has 10 heteroatoms. The van der Waals surface area contributed by atoms with Gasteiger partial charge < -0.3 is 9.64 Å². The van der Waals surface area contributed by atoms with Gasteiger partial charge in [0.15, 0.2) is 5.13 Å².